The second-order valence-electron chi connectivity index (χ2n) is 15.7. The number of hydrogen-bond donors (Lipinski definition) is 0. The smallest absolute Gasteiger partial charge is 0.188 e. The van der Waals surface area contributed by atoms with Gasteiger partial charge in [0.15, 0.2) is 10.2 Å². The topological polar surface area (TPSA) is 34.1 Å². The summed E-state index contributed by atoms with van der Waals surface area (Å²) in [6.45, 7) is 4.58. The van der Waals surface area contributed by atoms with Crippen LogP contribution in [0.15, 0.2) is 0 Å². The SMILES string of the molecule is CCCCCCCCCCCCCCCCCC(=O)SCCCCCCCCCCSC(=O)CCCCCCCCCCCCCCCCC. The Morgan fingerprint density at radius 2 is 0.440 bits per heavy atom. The van der Waals surface area contributed by atoms with Crippen molar-refractivity contribution in [2.45, 2.75) is 271 Å². The monoisotopic (exact) mass is 739 g/mol. The van der Waals surface area contributed by atoms with Crippen LogP contribution in [-0.2, 0) is 9.59 Å². The summed E-state index contributed by atoms with van der Waals surface area (Å²) in [5.74, 6) is 2.03. The van der Waals surface area contributed by atoms with Crippen molar-refractivity contribution in [1.82, 2.24) is 0 Å². The Balaban J connectivity index is 3.22. The van der Waals surface area contributed by atoms with Crippen LogP contribution in [0.1, 0.15) is 271 Å². The molecule has 0 aromatic rings. The van der Waals surface area contributed by atoms with Crippen LogP contribution in [0.4, 0.5) is 0 Å². The molecule has 0 spiro atoms. The van der Waals surface area contributed by atoms with Crippen LogP contribution in [0.25, 0.3) is 0 Å². The van der Waals surface area contributed by atoms with Gasteiger partial charge in [0.05, 0.1) is 0 Å². The van der Waals surface area contributed by atoms with E-state index in [1.165, 1.54) is 231 Å². The Morgan fingerprint density at radius 3 is 0.660 bits per heavy atom. The molecule has 0 amide bonds. The van der Waals surface area contributed by atoms with Crippen molar-refractivity contribution in [3.63, 3.8) is 0 Å². The molecule has 50 heavy (non-hydrogen) atoms. The van der Waals surface area contributed by atoms with E-state index in [1.54, 1.807) is 23.5 Å². The zero-order valence-electron chi connectivity index (χ0n) is 34.3. The lowest BCUT2D eigenvalue weighted by Crippen LogP contribution is -1.94. The van der Waals surface area contributed by atoms with Crippen LogP contribution in [-0.4, -0.2) is 21.7 Å². The number of thioether (sulfide) groups is 2. The summed E-state index contributed by atoms with van der Waals surface area (Å²) in [6.07, 6.45) is 53.0. The van der Waals surface area contributed by atoms with Crippen molar-refractivity contribution >= 4 is 33.8 Å². The van der Waals surface area contributed by atoms with E-state index in [2.05, 4.69) is 13.8 Å². The number of carbonyl (C=O) groups excluding carboxylic acids is 2. The molecule has 0 aliphatic carbocycles. The average molecular weight is 739 g/mol. The maximum atomic E-state index is 12.2. The van der Waals surface area contributed by atoms with E-state index in [0.717, 1.165) is 37.2 Å². The molecule has 0 radical (unpaired) electrons. The Hall–Kier alpha value is 0.0400. The van der Waals surface area contributed by atoms with Gasteiger partial charge >= 0.3 is 0 Å². The van der Waals surface area contributed by atoms with Crippen LogP contribution < -0.4 is 0 Å². The molecule has 0 saturated heterocycles. The third-order valence-electron chi connectivity index (χ3n) is 10.5. The first kappa shape index (κ1) is 50.0. The molecule has 0 N–H and O–H groups in total. The van der Waals surface area contributed by atoms with Gasteiger partial charge in [0.2, 0.25) is 0 Å². The van der Waals surface area contributed by atoms with Gasteiger partial charge in [-0.25, -0.2) is 0 Å². The van der Waals surface area contributed by atoms with Crippen LogP contribution in [0.2, 0.25) is 0 Å². The molecule has 0 heterocycles. The zero-order chi connectivity index (χ0) is 36.3. The highest BCUT2D eigenvalue weighted by molar-refractivity contribution is 8.13. The maximum Gasteiger partial charge on any atom is 0.188 e. The van der Waals surface area contributed by atoms with Gasteiger partial charge in [-0.05, 0) is 25.7 Å². The van der Waals surface area contributed by atoms with Gasteiger partial charge in [0, 0.05) is 24.3 Å². The minimum atomic E-state index is 0.422. The van der Waals surface area contributed by atoms with E-state index in [4.69, 9.17) is 0 Å². The molecule has 0 rings (SSSR count). The Labute approximate surface area is 324 Å². The predicted molar refractivity (Wildman–Crippen MR) is 231 cm³/mol. The quantitative estimate of drug-likeness (QED) is 0.0583. The van der Waals surface area contributed by atoms with Crippen molar-refractivity contribution in [3.8, 4) is 0 Å². The van der Waals surface area contributed by atoms with Crippen LogP contribution in [0.5, 0.6) is 0 Å². The van der Waals surface area contributed by atoms with Crippen molar-refractivity contribution in [1.29, 1.82) is 0 Å². The third-order valence-corrected chi connectivity index (χ3v) is 12.6. The Bertz CT molecular complexity index is 611. The Kier molecular flexibility index (Phi) is 45.2. The van der Waals surface area contributed by atoms with Gasteiger partial charge in [-0.15, -0.1) is 0 Å². The molecule has 0 bridgehead atoms. The molecule has 0 aliphatic rings. The molecular weight excluding hydrogens is 649 g/mol. The average Bonchev–Trinajstić information content (AvgIpc) is 3.12. The number of carbonyl (C=O) groups is 2. The standard InChI is InChI=1S/C46H90O2S2/c1-3-5-7-9-11-13-15-17-19-21-23-25-29-33-37-41-45(47)49-43-39-35-31-27-28-32-36-40-44-50-46(48)42-38-34-30-26-24-22-20-18-16-14-12-10-8-6-4-2/h3-44H2,1-2H3. The highest BCUT2D eigenvalue weighted by atomic mass is 32.2. The highest BCUT2D eigenvalue weighted by Gasteiger charge is 2.04. The fourth-order valence-electron chi connectivity index (χ4n) is 7.06. The third kappa shape index (κ3) is 44.2. The molecule has 0 aromatic carbocycles. The summed E-state index contributed by atoms with van der Waals surface area (Å²) >= 11 is 3.18. The fourth-order valence-corrected chi connectivity index (χ4v) is 8.79. The van der Waals surface area contributed by atoms with E-state index < -0.39 is 0 Å². The van der Waals surface area contributed by atoms with Gasteiger partial charge in [-0.1, -0.05) is 256 Å². The number of unbranched alkanes of at least 4 members (excludes halogenated alkanes) is 35. The second-order valence-corrected chi connectivity index (χ2v) is 18.0. The number of rotatable bonds is 43. The summed E-state index contributed by atoms with van der Waals surface area (Å²) < 4.78 is 0. The van der Waals surface area contributed by atoms with Crippen molar-refractivity contribution in [2.75, 3.05) is 11.5 Å². The lowest BCUT2D eigenvalue weighted by atomic mass is 10.0. The molecule has 0 saturated carbocycles. The lowest BCUT2D eigenvalue weighted by Gasteiger charge is -2.04. The summed E-state index contributed by atoms with van der Waals surface area (Å²) in [7, 11) is 0. The van der Waals surface area contributed by atoms with E-state index in [9.17, 15) is 9.59 Å². The lowest BCUT2D eigenvalue weighted by molar-refractivity contribution is -0.111. The first-order chi connectivity index (χ1) is 24.7. The molecule has 4 heteroatoms. The number of hydrogen-bond acceptors (Lipinski definition) is 4. The second kappa shape index (κ2) is 45.2. The first-order valence-electron chi connectivity index (χ1n) is 23.0. The Morgan fingerprint density at radius 1 is 0.260 bits per heavy atom. The maximum absolute atomic E-state index is 12.2. The molecule has 0 aromatic heterocycles. The van der Waals surface area contributed by atoms with Crippen LogP contribution in [0, 0.1) is 0 Å². The van der Waals surface area contributed by atoms with E-state index >= 15 is 0 Å². The molecule has 0 aliphatic heterocycles. The predicted octanol–water partition coefficient (Wildman–Crippen LogP) is 17.1. The molecule has 0 unspecified atom stereocenters. The summed E-state index contributed by atoms with van der Waals surface area (Å²) in [6, 6.07) is 0. The van der Waals surface area contributed by atoms with Gasteiger partial charge in [-0.2, -0.15) is 0 Å². The van der Waals surface area contributed by atoms with E-state index in [1.807, 2.05) is 0 Å². The normalized spacial score (nSPS) is 11.5. The fraction of sp³-hybridized carbons (Fsp3) is 0.957. The van der Waals surface area contributed by atoms with Crippen molar-refractivity contribution < 1.29 is 9.59 Å². The van der Waals surface area contributed by atoms with Crippen molar-refractivity contribution in [3.05, 3.63) is 0 Å². The molecule has 298 valence electrons. The van der Waals surface area contributed by atoms with Crippen LogP contribution in [0.3, 0.4) is 0 Å². The van der Waals surface area contributed by atoms with Gasteiger partial charge in [0.1, 0.15) is 0 Å². The summed E-state index contributed by atoms with van der Waals surface area (Å²) in [4.78, 5) is 24.4. The van der Waals surface area contributed by atoms with Gasteiger partial charge in [0.25, 0.3) is 0 Å². The minimum absolute atomic E-state index is 0.422. The minimum Gasteiger partial charge on any atom is -0.287 e. The summed E-state index contributed by atoms with van der Waals surface area (Å²) in [5, 5.41) is 0.844. The summed E-state index contributed by atoms with van der Waals surface area (Å²) in [5.41, 5.74) is 0. The van der Waals surface area contributed by atoms with E-state index in [0.29, 0.717) is 10.2 Å². The van der Waals surface area contributed by atoms with Crippen molar-refractivity contribution in [2.24, 2.45) is 0 Å². The molecule has 0 atom stereocenters. The highest BCUT2D eigenvalue weighted by Crippen LogP contribution is 2.19. The zero-order valence-corrected chi connectivity index (χ0v) is 36.0. The molecule has 0 fully saturated rings. The van der Waals surface area contributed by atoms with E-state index in [-0.39, 0.29) is 0 Å². The van der Waals surface area contributed by atoms with Crippen LogP contribution >= 0.6 is 23.5 Å². The largest absolute Gasteiger partial charge is 0.287 e. The van der Waals surface area contributed by atoms with Gasteiger partial charge in [-0.3, -0.25) is 9.59 Å². The molecule has 2 nitrogen and oxygen atoms in total. The van der Waals surface area contributed by atoms with Gasteiger partial charge < -0.3 is 0 Å². The first-order valence-corrected chi connectivity index (χ1v) is 25.0. The molecular formula is C46H90O2S2.